The number of esters is 1. The first-order valence-electron chi connectivity index (χ1n) is 13.1. The summed E-state index contributed by atoms with van der Waals surface area (Å²) >= 11 is 0. The average Bonchev–Trinajstić information content (AvgIpc) is 2.99. The standard InChI is InChI=1S/C33H27N3O5/c1-3-41-33(40)22-14-18-24(19-15-22)36-31(38)26-9-5-4-8-25(26)28(32(36)39)20-34-29-11-7-6-10-27(29)30(37)35-23-16-12-21(2)13-17-23/h4-20,34H,3H2,1-2H3,(H,35,37). The van der Waals surface area contributed by atoms with Crippen molar-refractivity contribution >= 4 is 46.3 Å². The number of carbonyl (C=O) groups excluding carboxylic acids is 4. The van der Waals surface area contributed by atoms with E-state index in [0.29, 0.717) is 39.3 Å². The molecule has 4 aromatic carbocycles. The number of nitrogens with zero attached hydrogens (tertiary/aromatic N) is 1. The summed E-state index contributed by atoms with van der Waals surface area (Å²) in [5, 5.41) is 6.00. The molecule has 0 fully saturated rings. The summed E-state index contributed by atoms with van der Waals surface area (Å²) in [5.74, 6) is -1.84. The van der Waals surface area contributed by atoms with Crippen molar-refractivity contribution in [3.8, 4) is 0 Å². The third-order valence-corrected chi connectivity index (χ3v) is 6.57. The van der Waals surface area contributed by atoms with E-state index >= 15 is 0 Å². The molecular weight excluding hydrogens is 518 g/mol. The topological polar surface area (TPSA) is 105 Å². The van der Waals surface area contributed by atoms with E-state index in [0.717, 1.165) is 10.5 Å². The third kappa shape index (κ3) is 5.62. The fraction of sp³-hybridized carbons (Fsp3) is 0.0909. The second-order valence-corrected chi connectivity index (χ2v) is 9.33. The monoisotopic (exact) mass is 545 g/mol. The van der Waals surface area contributed by atoms with Gasteiger partial charge in [0.25, 0.3) is 17.7 Å². The minimum atomic E-state index is -0.549. The lowest BCUT2D eigenvalue weighted by molar-refractivity contribution is -0.112. The Labute approximate surface area is 237 Å². The van der Waals surface area contributed by atoms with Crippen LogP contribution in [0.3, 0.4) is 0 Å². The highest BCUT2D eigenvalue weighted by Gasteiger charge is 2.36. The first-order chi connectivity index (χ1) is 19.9. The van der Waals surface area contributed by atoms with E-state index in [2.05, 4.69) is 10.6 Å². The zero-order chi connectivity index (χ0) is 28.9. The Morgan fingerprint density at radius 3 is 2.17 bits per heavy atom. The smallest absolute Gasteiger partial charge is 0.338 e. The molecule has 8 nitrogen and oxygen atoms in total. The predicted octanol–water partition coefficient (Wildman–Crippen LogP) is 6.06. The molecular formula is C33H27N3O5. The normalized spacial score (nSPS) is 13.5. The maximum absolute atomic E-state index is 13.8. The Morgan fingerprint density at radius 1 is 0.805 bits per heavy atom. The van der Waals surface area contributed by atoms with Crippen LogP contribution < -0.4 is 15.5 Å². The van der Waals surface area contributed by atoms with E-state index in [1.807, 2.05) is 31.2 Å². The number of nitrogens with one attached hydrogen (secondary N) is 2. The molecule has 0 aliphatic carbocycles. The van der Waals surface area contributed by atoms with Gasteiger partial charge in [-0.2, -0.15) is 0 Å². The molecule has 0 unspecified atom stereocenters. The van der Waals surface area contributed by atoms with Gasteiger partial charge in [-0.15, -0.1) is 0 Å². The van der Waals surface area contributed by atoms with Gasteiger partial charge in [0.1, 0.15) is 0 Å². The molecule has 204 valence electrons. The largest absolute Gasteiger partial charge is 0.462 e. The fourth-order valence-electron chi connectivity index (χ4n) is 4.48. The first kappa shape index (κ1) is 27.1. The van der Waals surface area contributed by atoms with Crippen molar-refractivity contribution in [3.05, 3.63) is 131 Å². The van der Waals surface area contributed by atoms with Crippen molar-refractivity contribution in [2.24, 2.45) is 0 Å². The van der Waals surface area contributed by atoms with E-state index in [1.54, 1.807) is 55.5 Å². The maximum atomic E-state index is 13.8. The van der Waals surface area contributed by atoms with E-state index < -0.39 is 17.8 Å². The predicted molar refractivity (Wildman–Crippen MR) is 158 cm³/mol. The first-order valence-corrected chi connectivity index (χ1v) is 13.1. The van der Waals surface area contributed by atoms with Crippen LogP contribution in [0.5, 0.6) is 0 Å². The molecule has 0 atom stereocenters. The Hall–Kier alpha value is -5.50. The minimum Gasteiger partial charge on any atom is -0.462 e. The summed E-state index contributed by atoms with van der Waals surface area (Å²) in [7, 11) is 0. The molecule has 4 aromatic rings. The third-order valence-electron chi connectivity index (χ3n) is 6.57. The number of para-hydroxylation sites is 1. The zero-order valence-corrected chi connectivity index (χ0v) is 22.5. The second kappa shape index (κ2) is 11.7. The van der Waals surface area contributed by atoms with Gasteiger partial charge in [-0.1, -0.05) is 48.0 Å². The molecule has 3 amide bonds. The van der Waals surface area contributed by atoms with Gasteiger partial charge in [-0.05, 0) is 68.4 Å². The van der Waals surface area contributed by atoms with Crippen LogP contribution in [0.1, 0.15) is 49.1 Å². The SMILES string of the molecule is CCOC(=O)c1ccc(N2C(=O)C(=CNc3ccccc3C(=O)Nc3ccc(C)cc3)c3ccccc3C2=O)cc1. The molecule has 5 rings (SSSR count). The van der Waals surface area contributed by atoms with Crippen LogP contribution in [0.4, 0.5) is 17.1 Å². The van der Waals surface area contributed by atoms with Crippen LogP contribution in [0, 0.1) is 6.92 Å². The van der Waals surface area contributed by atoms with Crippen LogP contribution in [-0.2, 0) is 9.53 Å². The molecule has 0 aromatic heterocycles. The minimum absolute atomic E-state index is 0.234. The van der Waals surface area contributed by atoms with Crippen LogP contribution >= 0.6 is 0 Å². The Bertz CT molecular complexity index is 1670. The lowest BCUT2D eigenvalue weighted by atomic mass is 9.93. The van der Waals surface area contributed by atoms with Crippen molar-refractivity contribution in [1.29, 1.82) is 0 Å². The number of ether oxygens (including phenoxy) is 1. The number of aryl methyl sites for hydroxylation is 1. The lowest BCUT2D eigenvalue weighted by Crippen LogP contribution is -2.42. The second-order valence-electron chi connectivity index (χ2n) is 9.33. The van der Waals surface area contributed by atoms with Crippen molar-refractivity contribution in [2.75, 3.05) is 22.1 Å². The summed E-state index contributed by atoms with van der Waals surface area (Å²) in [5.41, 5.74) is 4.28. The molecule has 1 aliphatic heterocycles. The van der Waals surface area contributed by atoms with E-state index in [1.165, 1.54) is 30.5 Å². The van der Waals surface area contributed by atoms with Gasteiger partial charge >= 0.3 is 5.97 Å². The molecule has 8 heteroatoms. The number of amides is 3. The molecule has 2 N–H and O–H groups in total. The van der Waals surface area contributed by atoms with E-state index in [4.69, 9.17) is 4.74 Å². The molecule has 1 aliphatic rings. The summed E-state index contributed by atoms with van der Waals surface area (Å²) in [4.78, 5) is 53.4. The highest BCUT2D eigenvalue weighted by Crippen LogP contribution is 2.32. The summed E-state index contributed by atoms with van der Waals surface area (Å²) in [6, 6.07) is 27.4. The lowest BCUT2D eigenvalue weighted by Gasteiger charge is -2.28. The Kier molecular flexibility index (Phi) is 7.74. The molecule has 41 heavy (non-hydrogen) atoms. The Balaban J connectivity index is 1.46. The number of benzene rings is 4. The van der Waals surface area contributed by atoms with Gasteiger partial charge in [-0.3, -0.25) is 14.4 Å². The fourth-order valence-corrected chi connectivity index (χ4v) is 4.48. The summed E-state index contributed by atoms with van der Waals surface area (Å²) in [6.07, 6.45) is 1.51. The van der Waals surface area contributed by atoms with Crippen LogP contribution in [0.2, 0.25) is 0 Å². The van der Waals surface area contributed by atoms with Gasteiger partial charge in [0, 0.05) is 23.0 Å². The van der Waals surface area contributed by atoms with E-state index in [-0.39, 0.29) is 18.1 Å². The van der Waals surface area contributed by atoms with Gasteiger partial charge in [-0.25, -0.2) is 9.69 Å². The molecule has 0 spiro atoms. The summed E-state index contributed by atoms with van der Waals surface area (Å²) < 4.78 is 5.03. The summed E-state index contributed by atoms with van der Waals surface area (Å²) in [6.45, 7) is 3.92. The van der Waals surface area contributed by atoms with Gasteiger partial charge in [0.2, 0.25) is 0 Å². The molecule has 0 saturated carbocycles. The van der Waals surface area contributed by atoms with Crippen LogP contribution in [0.25, 0.3) is 5.57 Å². The maximum Gasteiger partial charge on any atom is 0.338 e. The number of hydrogen-bond donors (Lipinski definition) is 2. The van der Waals surface area contributed by atoms with Gasteiger partial charge in [0.05, 0.1) is 34.7 Å². The van der Waals surface area contributed by atoms with Crippen molar-refractivity contribution < 1.29 is 23.9 Å². The van der Waals surface area contributed by atoms with Crippen molar-refractivity contribution in [1.82, 2.24) is 0 Å². The number of fused-ring (bicyclic) bond motifs is 1. The van der Waals surface area contributed by atoms with Crippen LogP contribution in [0.15, 0.2) is 103 Å². The van der Waals surface area contributed by atoms with Gasteiger partial charge < -0.3 is 15.4 Å². The number of anilines is 3. The number of rotatable bonds is 7. The highest BCUT2D eigenvalue weighted by atomic mass is 16.5. The quantitative estimate of drug-likeness (QED) is 0.166. The number of hydrogen-bond acceptors (Lipinski definition) is 6. The van der Waals surface area contributed by atoms with Gasteiger partial charge in [0.15, 0.2) is 0 Å². The van der Waals surface area contributed by atoms with E-state index in [9.17, 15) is 19.2 Å². The number of carbonyl (C=O) groups is 4. The molecule has 1 heterocycles. The molecule has 0 saturated heterocycles. The van der Waals surface area contributed by atoms with Crippen LogP contribution in [-0.4, -0.2) is 30.3 Å². The molecule has 0 radical (unpaired) electrons. The zero-order valence-electron chi connectivity index (χ0n) is 22.5. The van der Waals surface area contributed by atoms with Crippen molar-refractivity contribution in [3.63, 3.8) is 0 Å². The molecule has 0 bridgehead atoms. The number of imide groups is 1. The Morgan fingerprint density at radius 2 is 1.46 bits per heavy atom. The highest BCUT2D eigenvalue weighted by molar-refractivity contribution is 6.41. The van der Waals surface area contributed by atoms with Crippen molar-refractivity contribution in [2.45, 2.75) is 13.8 Å². The average molecular weight is 546 g/mol.